The van der Waals surface area contributed by atoms with E-state index in [-0.39, 0.29) is 17.7 Å². The second-order valence-corrected chi connectivity index (χ2v) is 12.2. The van der Waals surface area contributed by atoms with E-state index in [0.717, 1.165) is 103 Å². The number of piperidine rings is 2. The zero-order valence-electron chi connectivity index (χ0n) is 25.1. The maximum Gasteiger partial charge on any atom is 0.410 e. The topological polar surface area (TPSA) is 112 Å². The van der Waals surface area contributed by atoms with Crippen molar-refractivity contribution in [1.29, 1.82) is 0 Å². The fourth-order valence-electron chi connectivity index (χ4n) is 6.50. The van der Waals surface area contributed by atoms with E-state index < -0.39 is 0 Å². The Morgan fingerprint density at radius 1 is 0.805 bits per heavy atom. The number of rotatable bonds is 3. The van der Waals surface area contributed by atoms with Gasteiger partial charge in [-0.1, -0.05) is 6.92 Å². The van der Waals surface area contributed by atoms with Gasteiger partial charge in [0, 0.05) is 50.2 Å². The molecule has 1 aromatic rings. The summed E-state index contributed by atoms with van der Waals surface area (Å²) in [7, 11) is 2.15. The van der Waals surface area contributed by atoms with Crippen LogP contribution in [0.5, 0.6) is 0 Å². The summed E-state index contributed by atoms with van der Waals surface area (Å²) in [5.74, 6) is 0.840. The Kier molecular flexibility index (Phi) is 12.3. The van der Waals surface area contributed by atoms with Crippen molar-refractivity contribution in [2.45, 2.75) is 89.3 Å². The Balaban J connectivity index is 0.000000142. The maximum absolute atomic E-state index is 11.6. The molecule has 0 spiro atoms. The minimum absolute atomic E-state index is 0.00870. The fourth-order valence-corrected chi connectivity index (χ4v) is 6.50. The van der Waals surface area contributed by atoms with Gasteiger partial charge in [0.2, 0.25) is 0 Å². The second-order valence-electron chi connectivity index (χ2n) is 12.2. The lowest BCUT2D eigenvalue weighted by Crippen LogP contribution is -2.53. The van der Waals surface area contributed by atoms with Crippen LogP contribution >= 0.6 is 0 Å². The van der Waals surface area contributed by atoms with Gasteiger partial charge in [-0.2, -0.15) is 0 Å². The second kappa shape index (κ2) is 16.1. The molecule has 0 bridgehead atoms. The molecule has 3 amide bonds. The van der Waals surface area contributed by atoms with Crippen LogP contribution in [0.3, 0.4) is 0 Å². The Hall–Kier alpha value is -2.66. The lowest BCUT2D eigenvalue weighted by Gasteiger charge is -2.39. The van der Waals surface area contributed by atoms with Gasteiger partial charge in [-0.05, 0) is 103 Å². The van der Waals surface area contributed by atoms with Crippen molar-refractivity contribution in [2.24, 2.45) is 5.92 Å². The molecule has 0 radical (unpaired) electrons. The minimum Gasteiger partial charge on any atom is -0.449 e. The fraction of sp³-hybridized carbons (Fsp3) is 0.800. The number of cyclic esters (lactones) is 1. The van der Waals surface area contributed by atoms with Crippen molar-refractivity contribution in [3.8, 4) is 0 Å². The molecule has 6 rings (SSSR count). The molecule has 2 N–H and O–H groups in total. The zero-order valence-corrected chi connectivity index (χ0v) is 25.1. The third-order valence-corrected chi connectivity index (χ3v) is 9.13. The van der Waals surface area contributed by atoms with Gasteiger partial charge < -0.3 is 34.6 Å². The standard InChI is InChI=1S/C11H19NO2.C10H19N3O.C9H13N3O/c1-9-3-5-10(6-4-9)12-7-2-8-14-11(12)13;1-12-7-3-9(4-8-12)13-6-2-5-11-10(13)14;13-9-7-11-5-6-12(9)8-1-3-10-4-2-8/h9-10H,2-8H2,1H3;9H,2-8H2,1H3,(H,11,14);5-8,10H,1-4H2. The summed E-state index contributed by atoms with van der Waals surface area (Å²) in [6, 6.07) is 1.44. The molecule has 11 heteroatoms. The van der Waals surface area contributed by atoms with Crippen LogP contribution in [0.15, 0.2) is 23.4 Å². The predicted octanol–water partition coefficient (Wildman–Crippen LogP) is 3.07. The van der Waals surface area contributed by atoms with Crippen molar-refractivity contribution in [3.63, 3.8) is 0 Å². The summed E-state index contributed by atoms with van der Waals surface area (Å²) in [6.07, 6.45) is 16.0. The summed E-state index contributed by atoms with van der Waals surface area (Å²) >= 11 is 0. The van der Waals surface area contributed by atoms with Crippen molar-refractivity contribution < 1.29 is 14.3 Å². The van der Waals surface area contributed by atoms with Gasteiger partial charge in [-0.15, -0.1) is 0 Å². The Morgan fingerprint density at radius 3 is 2.15 bits per heavy atom. The monoisotopic (exact) mass is 573 g/mol. The molecular formula is C30H51N7O4. The summed E-state index contributed by atoms with van der Waals surface area (Å²) in [5, 5.41) is 6.19. The number of hydrogen-bond donors (Lipinski definition) is 2. The van der Waals surface area contributed by atoms with E-state index in [4.69, 9.17) is 4.74 Å². The van der Waals surface area contributed by atoms with E-state index in [1.165, 1.54) is 19.0 Å². The number of aromatic nitrogens is 2. The van der Waals surface area contributed by atoms with Gasteiger partial charge in [0.05, 0.1) is 12.8 Å². The third kappa shape index (κ3) is 9.43. The molecule has 4 aliphatic heterocycles. The first-order chi connectivity index (χ1) is 19.9. The van der Waals surface area contributed by atoms with Crippen LogP contribution in [0.4, 0.5) is 9.59 Å². The number of nitrogens with one attached hydrogen (secondary N) is 2. The number of amides is 3. The van der Waals surface area contributed by atoms with E-state index in [2.05, 4.69) is 34.5 Å². The van der Waals surface area contributed by atoms with E-state index in [1.54, 1.807) is 17.0 Å². The third-order valence-electron chi connectivity index (χ3n) is 9.13. The molecule has 0 unspecified atom stereocenters. The lowest BCUT2D eigenvalue weighted by atomic mass is 9.86. The molecule has 5 heterocycles. The average Bonchev–Trinajstić information content (AvgIpc) is 3.00. The van der Waals surface area contributed by atoms with Gasteiger partial charge in [0.15, 0.2) is 0 Å². The van der Waals surface area contributed by atoms with Gasteiger partial charge in [0.25, 0.3) is 5.56 Å². The summed E-state index contributed by atoms with van der Waals surface area (Å²) in [6.45, 7) is 9.84. The summed E-state index contributed by atoms with van der Waals surface area (Å²) < 4.78 is 6.84. The highest BCUT2D eigenvalue weighted by atomic mass is 16.6. The first kappa shape index (κ1) is 31.3. The van der Waals surface area contributed by atoms with Crippen molar-refractivity contribution >= 4 is 12.1 Å². The van der Waals surface area contributed by atoms with Crippen molar-refractivity contribution in [2.75, 3.05) is 59.5 Å². The number of carbonyl (C=O) groups excluding carboxylic acids is 2. The van der Waals surface area contributed by atoms with Crippen LogP contribution < -0.4 is 16.2 Å². The molecule has 5 fully saturated rings. The highest BCUT2D eigenvalue weighted by Crippen LogP contribution is 2.28. The largest absolute Gasteiger partial charge is 0.449 e. The molecule has 1 saturated carbocycles. The number of hydrogen-bond acceptors (Lipinski definition) is 7. The number of ether oxygens (including phenoxy) is 1. The Labute approximate surface area is 245 Å². The number of carbonyl (C=O) groups is 2. The molecule has 1 aliphatic carbocycles. The van der Waals surface area contributed by atoms with Gasteiger partial charge in [0.1, 0.15) is 0 Å². The van der Waals surface area contributed by atoms with Crippen LogP contribution in [0, 0.1) is 5.92 Å². The van der Waals surface area contributed by atoms with Gasteiger partial charge >= 0.3 is 12.1 Å². The molecule has 11 nitrogen and oxygen atoms in total. The molecule has 5 aliphatic rings. The van der Waals surface area contributed by atoms with Crippen molar-refractivity contribution in [3.05, 3.63) is 28.9 Å². The van der Waals surface area contributed by atoms with Crippen LogP contribution in [0.1, 0.15) is 77.2 Å². The van der Waals surface area contributed by atoms with Crippen LogP contribution in [0.2, 0.25) is 0 Å². The van der Waals surface area contributed by atoms with Gasteiger partial charge in [-0.3, -0.25) is 9.78 Å². The quantitative estimate of drug-likeness (QED) is 0.572. The van der Waals surface area contributed by atoms with E-state index in [0.29, 0.717) is 24.7 Å². The summed E-state index contributed by atoms with van der Waals surface area (Å²) in [5.41, 5.74) is 0.00870. The smallest absolute Gasteiger partial charge is 0.410 e. The highest BCUT2D eigenvalue weighted by molar-refractivity contribution is 5.75. The number of likely N-dealkylation sites (tertiary alicyclic amines) is 1. The Bertz CT molecular complexity index is 953. The number of nitrogens with zero attached hydrogens (tertiary/aromatic N) is 5. The predicted molar refractivity (Wildman–Crippen MR) is 159 cm³/mol. The first-order valence-corrected chi connectivity index (χ1v) is 15.8. The van der Waals surface area contributed by atoms with Crippen molar-refractivity contribution in [1.82, 2.24) is 34.9 Å². The normalized spacial score (nSPS) is 26.6. The molecule has 4 saturated heterocycles. The SMILES string of the molecule is CC1CCC(N2CCCOC2=O)CC1.CN1CCC(N2CCCNC2=O)CC1.O=c1cnccn1C1CCNCC1. The molecule has 41 heavy (non-hydrogen) atoms. The highest BCUT2D eigenvalue weighted by Gasteiger charge is 2.30. The van der Waals surface area contributed by atoms with Crippen LogP contribution in [0.25, 0.3) is 0 Å². The summed E-state index contributed by atoms with van der Waals surface area (Å²) in [4.78, 5) is 44.5. The first-order valence-electron chi connectivity index (χ1n) is 15.8. The Morgan fingerprint density at radius 2 is 1.49 bits per heavy atom. The lowest BCUT2D eigenvalue weighted by molar-refractivity contribution is 0.0437. The van der Waals surface area contributed by atoms with Crippen LogP contribution in [-0.2, 0) is 4.74 Å². The molecule has 1 aromatic heterocycles. The van der Waals surface area contributed by atoms with Crippen LogP contribution in [-0.4, -0.2) is 108 Å². The van der Waals surface area contributed by atoms with E-state index in [9.17, 15) is 14.4 Å². The molecular weight excluding hydrogens is 522 g/mol. The maximum atomic E-state index is 11.6. The van der Waals surface area contributed by atoms with E-state index >= 15 is 0 Å². The molecule has 230 valence electrons. The van der Waals surface area contributed by atoms with Gasteiger partial charge in [-0.25, -0.2) is 9.59 Å². The zero-order chi connectivity index (χ0) is 29.0. The minimum atomic E-state index is -0.0872. The molecule has 0 aromatic carbocycles. The number of urea groups is 1. The molecule has 0 atom stereocenters. The van der Waals surface area contributed by atoms with E-state index in [1.807, 2.05) is 9.80 Å². The average molecular weight is 574 g/mol.